The molecule has 0 bridgehead atoms. The predicted octanol–water partition coefficient (Wildman–Crippen LogP) is 1.55. The van der Waals surface area contributed by atoms with E-state index in [2.05, 4.69) is 21.6 Å². The van der Waals surface area contributed by atoms with Gasteiger partial charge in [0.15, 0.2) is 0 Å². The summed E-state index contributed by atoms with van der Waals surface area (Å²) in [5.41, 5.74) is 0.957. The number of amides is 2. The summed E-state index contributed by atoms with van der Waals surface area (Å²) < 4.78 is 5.42. The molecule has 6 nitrogen and oxygen atoms in total. The number of nitrogens with zero attached hydrogens (tertiary/aromatic N) is 1. The van der Waals surface area contributed by atoms with Crippen molar-refractivity contribution >= 4 is 23.2 Å². The highest BCUT2D eigenvalue weighted by molar-refractivity contribution is 7.10. The van der Waals surface area contributed by atoms with Gasteiger partial charge in [0.1, 0.15) is 0 Å². The Kier molecular flexibility index (Phi) is 6.76. The molecule has 2 N–H and O–H groups in total. The van der Waals surface area contributed by atoms with Gasteiger partial charge in [0.2, 0.25) is 0 Å². The number of hydrogen-bond donors (Lipinski definition) is 2. The maximum absolute atomic E-state index is 12.2. The molecule has 2 aromatic rings. The van der Waals surface area contributed by atoms with Crippen molar-refractivity contribution in [2.75, 3.05) is 32.8 Å². The molecule has 1 fully saturated rings. The Bertz CT molecular complexity index is 700. The summed E-state index contributed by atoms with van der Waals surface area (Å²) in [5.74, 6) is -1.21. The van der Waals surface area contributed by atoms with E-state index in [0.717, 1.165) is 18.7 Å². The van der Waals surface area contributed by atoms with Crippen LogP contribution >= 0.6 is 11.3 Å². The minimum atomic E-state index is -0.610. The van der Waals surface area contributed by atoms with E-state index in [1.165, 1.54) is 4.88 Å². The fourth-order valence-electron chi connectivity index (χ4n) is 2.91. The van der Waals surface area contributed by atoms with Crippen LogP contribution in [0, 0.1) is 0 Å². The number of nitrogens with one attached hydrogen (secondary N) is 2. The van der Waals surface area contributed by atoms with Gasteiger partial charge in [-0.3, -0.25) is 14.5 Å². The Morgan fingerprint density at radius 3 is 2.46 bits per heavy atom. The van der Waals surface area contributed by atoms with Crippen molar-refractivity contribution in [2.24, 2.45) is 0 Å². The van der Waals surface area contributed by atoms with Crippen molar-refractivity contribution in [3.8, 4) is 0 Å². The summed E-state index contributed by atoms with van der Waals surface area (Å²) in [7, 11) is 0. The van der Waals surface area contributed by atoms with Crippen LogP contribution in [0.3, 0.4) is 0 Å². The van der Waals surface area contributed by atoms with E-state index < -0.39 is 11.8 Å². The van der Waals surface area contributed by atoms with E-state index in [4.69, 9.17) is 4.74 Å². The fourth-order valence-corrected chi connectivity index (χ4v) is 3.77. The van der Waals surface area contributed by atoms with Crippen LogP contribution in [0.25, 0.3) is 0 Å². The monoisotopic (exact) mass is 373 g/mol. The van der Waals surface area contributed by atoms with Crippen LogP contribution in [0.4, 0.5) is 0 Å². The van der Waals surface area contributed by atoms with E-state index >= 15 is 0 Å². The van der Waals surface area contributed by atoms with Crippen molar-refractivity contribution in [2.45, 2.75) is 12.6 Å². The largest absolute Gasteiger partial charge is 0.379 e. The average molecular weight is 373 g/mol. The number of benzene rings is 1. The Morgan fingerprint density at radius 1 is 1.04 bits per heavy atom. The minimum Gasteiger partial charge on any atom is -0.379 e. The van der Waals surface area contributed by atoms with Gasteiger partial charge in [0.05, 0.1) is 19.3 Å². The van der Waals surface area contributed by atoms with Crippen LogP contribution in [-0.4, -0.2) is 49.6 Å². The highest BCUT2D eigenvalue weighted by atomic mass is 32.1. The molecule has 1 saturated heterocycles. The van der Waals surface area contributed by atoms with E-state index in [0.29, 0.717) is 26.3 Å². The normalized spacial score (nSPS) is 16.0. The second-order valence-electron chi connectivity index (χ2n) is 6.06. The summed E-state index contributed by atoms with van der Waals surface area (Å²) in [5, 5.41) is 7.46. The van der Waals surface area contributed by atoms with Crippen molar-refractivity contribution in [1.82, 2.24) is 15.5 Å². The van der Waals surface area contributed by atoms with Crippen LogP contribution in [-0.2, 0) is 20.9 Å². The van der Waals surface area contributed by atoms with Gasteiger partial charge in [0.25, 0.3) is 0 Å². The topological polar surface area (TPSA) is 70.7 Å². The van der Waals surface area contributed by atoms with Crippen molar-refractivity contribution in [3.63, 3.8) is 0 Å². The lowest BCUT2D eigenvalue weighted by atomic mass is 10.2. The number of ether oxygens (including phenoxy) is 1. The number of carbonyl (C=O) groups excluding carboxylic acids is 2. The molecular weight excluding hydrogens is 350 g/mol. The van der Waals surface area contributed by atoms with Gasteiger partial charge < -0.3 is 15.4 Å². The number of carbonyl (C=O) groups is 2. The summed E-state index contributed by atoms with van der Waals surface area (Å²) in [6.45, 7) is 3.75. The third-order valence-corrected chi connectivity index (χ3v) is 5.29. The Balaban J connectivity index is 1.52. The van der Waals surface area contributed by atoms with E-state index in [1.807, 2.05) is 41.8 Å². The third kappa shape index (κ3) is 5.14. The molecule has 1 aromatic carbocycles. The standard InChI is InChI=1S/C19H23N3O3S/c23-18(20-13-15-5-2-1-3-6-15)19(24)21-14-16(17-7-4-12-26-17)22-8-10-25-11-9-22/h1-7,12,16H,8-11,13-14H2,(H,20,23)(H,21,24)/t16-/m1/s1. The molecule has 0 unspecified atom stereocenters. The zero-order chi connectivity index (χ0) is 18.2. The lowest BCUT2D eigenvalue weighted by Gasteiger charge is -2.34. The molecule has 0 radical (unpaired) electrons. The lowest BCUT2D eigenvalue weighted by molar-refractivity contribution is -0.139. The molecule has 2 amide bonds. The Hall–Kier alpha value is -2.22. The molecule has 3 rings (SSSR count). The van der Waals surface area contributed by atoms with Crippen molar-refractivity contribution in [3.05, 3.63) is 58.3 Å². The van der Waals surface area contributed by atoms with Crippen LogP contribution in [0.5, 0.6) is 0 Å². The van der Waals surface area contributed by atoms with E-state index in [-0.39, 0.29) is 6.04 Å². The van der Waals surface area contributed by atoms with E-state index in [1.54, 1.807) is 11.3 Å². The van der Waals surface area contributed by atoms with Crippen LogP contribution in [0.2, 0.25) is 0 Å². The molecule has 138 valence electrons. The number of thiophene rings is 1. The molecule has 7 heteroatoms. The summed E-state index contributed by atoms with van der Waals surface area (Å²) >= 11 is 1.66. The number of rotatable bonds is 6. The second-order valence-corrected chi connectivity index (χ2v) is 7.04. The smallest absolute Gasteiger partial charge is 0.309 e. The van der Waals surface area contributed by atoms with Gasteiger partial charge in [-0.25, -0.2) is 0 Å². The maximum Gasteiger partial charge on any atom is 0.309 e. The second kappa shape index (κ2) is 9.47. The predicted molar refractivity (Wildman–Crippen MR) is 101 cm³/mol. The minimum absolute atomic E-state index is 0.0600. The van der Waals surface area contributed by atoms with Gasteiger partial charge >= 0.3 is 11.8 Å². The van der Waals surface area contributed by atoms with Gasteiger partial charge in [-0.15, -0.1) is 11.3 Å². The molecule has 1 aromatic heterocycles. The zero-order valence-corrected chi connectivity index (χ0v) is 15.3. The number of hydrogen-bond acceptors (Lipinski definition) is 5. The lowest BCUT2D eigenvalue weighted by Crippen LogP contribution is -2.46. The summed E-state index contributed by atoms with van der Waals surface area (Å²) in [6.07, 6.45) is 0. The first-order chi connectivity index (χ1) is 12.7. The highest BCUT2D eigenvalue weighted by Crippen LogP contribution is 2.25. The van der Waals surface area contributed by atoms with Gasteiger partial charge in [-0.1, -0.05) is 36.4 Å². The van der Waals surface area contributed by atoms with Crippen LogP contribution < -0.4 is 10.6 Å². The number of morpholine rings is 1. The Labute approximate surface area is 157 Å². The maximum atomic E-state index is 12.2. The summed E-state index contributed by atoms with van der Waals surface area (Å²) in [4.78, 5) is 27.7. The first-order valence-corrected chi connectivity index (χ1v) is 9.57. The van der Waals surface area contributed by atoms with Gasteiger partial charge in [-0.05, 0) is 17.0 Å². The first-order valence-electron chi connectivity index (χ1n) is 8.69. The van der Waals surface area contributed by atoms with Crippen LogP contribution in [0.15, 0.2) is 47.8 Å². The van der Waals surface area contributed by atoms with Crippen molar-refractivity contribution in [1.29, 1.82) is 0 Å². The molecule has 0 saturated carbocycles. The molecule has 2 heterocycles. The Morgan fingerprint density at radius 2 is 1.77 bits per heavy atom. The molecule has 1 atom stereocenters. The average Bonchev–Trinajstić information content (AvgIpc) is 3.22. The van der Waals surface area contributed by atoms with Gasteiger partial charge in [-0.2, -0.15) is 0 Å². The quantitative estimate of drug-likeness (QED) is 0.754. The summed E-state index contributed by atoms with van der Waals surface area (Å²) in [6, 6.07) is 13.6. The fraction of sp³-hybridized carbons (Fsp3) is 0.368. The van der Waals surface area contributed by atoms with Crippen LogP contribution in [0.1, 0.15) is 16.5 Å². The highest BCUT2D eigenvalue weighted by Gasteiger charge is 2.25. The third-order valence-electron chi connectivity index (χ3n) is 4.32. The zero-order valence-electron chi connectivity index (χ0n) is 14.5. The SMILES string of the molecule is O=C(NCc1ccccc1)C(=O)NC[C@H](c1cccs1)N1CCOCC1. The molecule has 0 aliphatic carbocycles. The van der Waals surface area contributed by atoms with E-state index in [9.17, 15) is 9.59 Å². The molecular formula is C19H23N3O3S. The molecule has 1 aliphatic rings. The molecule has 0 spiro atoms. The van der Waals surface area contributed by atoms with Crippen molar-refractivity contribution < 1.29 is 14.3 Å². The first kappa shape index (κ1) is 18.6. The van der Waals surface area contributed by atoms with Gasteiger partial charge in [0, 0.05) is 31.1 Å². The molecule has 26 heavy (non-hydrogen) atoms. The molecule has 1 aliphatic heterocycles.